The molecule has 0 saturated carbocycles. The second-order valence-electron chi connectivity index (χ2n) is 5.05. The molecule has 15 heavy (non-hydrogen) atoms. The van der Waals surface area contributed by atoms with Crippen molar-refractivity contribution in [2.75, 3.05) is 31.6 Å². The summed E-state index contributed by atoms with van der Waals surface area (Å²) < 4.78 is 22.0. The Labute approximate surface area is 93.8 Å². The second-order valence-corrected chi connectivity index (χ2v) is 7.31. The molecule has 0 N–H and O–H groups in total. The van der Waals surface area contributed by atoms with E-state index in [1.54, 1.807) is 0 Å². The third-order valence-electron chi connectivity index (χ3n) is 3.35. The van der Waals surface area contributed by atoms with Crippen molar-refractivity contribution in [3.05, 3.63) is 0 Å². The molecule has 0 aromatic heterocycles. The summed E-state index contributed by atoms with van der Waals surface area (Å²) >= 11 is 0. The molecule has 0 aromatic rings. The summed E-state index contributed by atoms with van der Waals surface area (Å²) in [4.78, 5) is 2.28. The van der Waals surface area contributed by atoms with Crippen LogP contribution in [0.5, 0.6) is 0 Å². The van der Waals surface area contributed by atoms with E-state index in [9.17, 15) is 8.42 Å². The minimum absolute atomic E-state index is 0.305. The van der Waals surface area contributed by atoms with E-state index in [1.165, 1.54) is 19.1 Å². The lowest BCUT2D eigenvalue weighted by Gasteiger charge is -2.33. The topological polar surface area (TPSA) is 37.4 Å². The lowest BCUT2D eigenvalue weighted by molar-refractivity contribution is 0.165. The molecule has 0 aliphatic carbocycles. The summed E-state index contributed by atoms with van der Waals surface area (Å²) in [5.74, 6) is 1.90. The number of hydrogen-bond acceptors (Lipinski definition) is 3. The minimum Gasteiger partial charge on any atom is -0.302 e. The molecule has 0 unspecified atom stereocenters. The van der Waals surface area contributed by atoms with E-state index in [4.69, 9.17) is 0 Å². The molecule has 1 aliphatic rings. The zero-order valence-corrected chi connectivity index (χ0v) is 10.9. The van der Waals surface area contributed by atoms with Crippen molar-refractivity contribution in [2.24, 2.45) is 11.8 Å². The predicted molar refractivity (Wildman–Crippen MR) is 63.7 cm³/mol. The molecule has 0 aromatic carbocycles. The molecule has 1 saturated heterocycles. The van der Waals surface area contributed by atoms with E-state index in [1.807, 2.05) is 0 Å². The molecule has 1 fully saturated rings. The van der Waals surface area contributed by atoms with Gasteiger partial charge in [-0.1, -0.05) is 13.8 Å². The van der Waals surface area contributed by atoms with Crippen LogP contribution < -0.4 is 0 Å². The van der Waals surface area contributed by atoms with E-state index >= 15 is 0 Å². The van der Waals surface area contributed by atoms with E-state index < -0.39 is 9.84 Å². The first kappa shape index (κ1) is 13.0. The standard InChI is InChI=1S/C11H23NO2S/c1-10(2)11-4-6-12(7-5-11)8-9-15(3,13)14/h10-11H,4-9H2,1-3H3. The van der Waals surface area contributed by atoms with Crippen LogP contribution >= 0.6 is 0 Å². The van der Waals surface area contributed by atoms with Gasteiger partial charge in [0.15, 0.2) is 0 Å². The first-order valence-corrected chi connectivity index (χ1v) is 7.84. The van der Waals surface area contributed by atoms with Gasteiger partial charge < -0.3 is 4.90 Å². The Hall–Kier alpha value is -0.0900. The summed E-state index contributed by atoms with van der Waals surface area (Å²) in [7, 11) is -2.80. The summed E-state index contributed by atoms with van der Waals surface area (Å²) in [6.45, 7) is 7.40. The van der Waals surface area contributed by atoms with Gasteiger partial charge in [-0.2, -0.15) is 0 Å². The third-order valence-corrected chi connectivity index (χ3v) is 4.28. The highest BCUT2D eigenvalue weighted by Crippen LogP contribution is 2.24. The van der Waals surface area contributed by atoms with Gasteiger partial charge in [0.25, 0.3) is 0 Å². The molecule has 0 bridgehead atoms. The lowest BCUT2D eigenvalue weighted by atomic mass is 9.87. The Kier molecular flexibility index (Phi) is 4.59. The van der Waals surface area contributed by atoms with Crippen molar-refractivity contribution in [1.82, 2.24) is 4.90 Å². The van der Waals surface area contributed by atoms with E-state index in [0.717, 1.165) is 24.9 Å². The zero-order valence-electron chi connectivity index (χ0n) is 10.1. The average Bonchev–Trinajstić information content (AvgIpc) is 2.14. The van der Waals surface area contributed by atoms with Gasteiger partial charge in [-0.25, -0.2) is 8.42 Å². The highest BCUT2D eigenvalue weighted by atomic mass is 32.2. The van der Waals surface area contributed by atoms with Crippen LogP contribution in [0.3, 0.4) is 0 Å². The van der Waals surface area contributed by atoms with Crippen LogP contribution in [0, 0.1) is 11.8 Å². The van der Waals surface area contributed by atoms with Gasteiger partial charge in [-0.3, -0.25) is 0 Å². The smallest absolute Gasteiger partial charge is 0.148 e. The molecular weight excluding hydrogens is 210 g/mol. The van der Waals surface area contributed by atoms with Crippen molar-refractivity contribution in [3.63, 3.8) is 0 Å². The summed E-state index contributed by atoms with van der Waals surface area (Å²) in [5.41, 5.74) is 0. The van der Waals surface area contributed by atoms with Crippen LogP contribution in [0.1, 0.15) is 26.7 Å². The first-order valence-electron chi connectivity index (χ1n) is 5.78. The Morgan fingerprint density at radius 1 is 1.27 bits per heavy atom. The van der Waals surface area contributed by atoms with Gasteiger partial charge in [0.1, 0.15) is 9.84 Å². The van der Waals surface area contributed by atoms with Crippen LogP contribution in [-0.2, 0) is 9.84 Å². The van der Waals surface area contributed by atoms with Crippen molar-refractivity contribution in [3.8, 4) is 0 Å². The monoisotopic (exact) mass is 233 g/mol. The van der Waals surface area contributed by atoms with Gasteiger partial charge in [-0.05, 0) is 37.8 Å². The molecule has 0 atom stereocenters. The van der Waals surface area contributed by atoms with Gasteiger partial charge in [-0.15, -0.1) is 0 Å². The number of likely N-dealkylation sites (tertiary alicyclic amines) is 1. The molecule has 4 heteroatoms. The first-order chi connectivity index (χ1) is 6.88. The molecule has 0 amide bonds. The number of piperidine rings is 1. The fraction of sp³-hybridized carbons (Fsp3) is 1.00. The SMILES string of the molecule is CC(C)C1CCN(CCS(C)(=O)=O)CC1. The van der Waals surface area contributed by atoms with Crippen LogP contribution in [0.2, 0.25) is 0 Å². The van der Waals surface area contributed by atoms with Gasteiger partial charge in [0, 0.05) is 12.8 Å². The van der Waals surface area contributed by atoms with E-state index in [2.05, 4.69) is 18.7 Å². The molecular formula is C11H23NO2S. The summed E-state index contributed by atoms with van der Waals surface area (Å²) in [6, 6.07) is 0. The normalized spacial score (nSPS) is 21.1. The molecule has 0 radical (unpaired) electrons. The van der Waals surface area contributed by atoms with Gasteiger partial charge >= 0.3 is 0 Å². The molecule has 90 valence electrons. The fourth-order valence-electron chi connectivity index (χ4n) is 2.14. The third kappa shape index (κ3) is 4.98. The van der Waals surface area contributed by atoms with Crippen LogP contribution in [0.15, 0.2) is 0 Å². The Morgan fingerprint density at radius 2 is 1.80 bits per heavy atom. The molecule has 1 heterocycles. The fourth-order valence-corrected chi connectivity index (χ4v) is 2.73. The van der Waals surface area contributed by atoms with Crippen molar-refractivity contribution < 1.29 is 8.42 Å². The molecule has 1 rings (SSSR count). The Bertz CT molecular complexity index is 277. The summed E-state index contributed by atoms with van der Waals surface area (Å²) in [6.07, 6.45) is 3.76. The predicted octanol–water partition coefficient (Wildman–Crippen LogP) is 1.40. The maximum Gasteiger partial charge on any atom is 0.148 e. The van der Waals surface area contributed by atoms with Crippen molar-refractivity contribution in [2.45, 2.75) is 26.7 Å². The highest BCUT2D eigenvalue weighted by Gasteiger charge is 2.21. The highest BCUT2D eigenvalue weighted by molar-refractivity contribution is 7.90. The summed E-state index contributed by atoms with van der Waals surface area (Å²) in [5, 5.41) is 0. The van der Waals surface area contributed by atoms with Crippen LogP contribution in [0.25, 0.3) is 0 Å². The van der Waals surface area contributed by atoms with E-state index in [0.29, 0.717) is 12.3 Å². The van der Waals surface area contributed by atoms with E-state index in [-0.39, 0.29) is 0 Å². The van der Waals surface area contributed by atoms with Crippen molar-refractivity contribution >= 4 is 9.84 Å². The molecule has 1 aliphatic heterocycles. The van der Waals surface area contributed by atoms with Gasteiger partial charge in [0.05, 0.1) is 5.75 Å². The maximum absolute atomic E-state index is 11.0. The van der Waals surface area contributed by atoms with Crippen LogP contribution in [-0.4, -0.2) is 45.0 Å². The number of sulfone groups is 1. The molecule has 3 nitrogen and oxygen atoms in total. The van der Waals surface area contributed by atoms with Gasteiger partial charge in [0.2, 0.25) is 0 Å². The quantitative estimate of drug-likeness (QED) is 0.736. The maximum atomic E-state index is 11.0. The lowest BCUT2D eigenvalue weighted by Crippen LogP contribution is -2.37. The number of hydrogen-bond donors (Lipinski definition) is 0. The Morgan fingerprint density at radius 3 is 2.20 bits per heavy atom. The zero-order chi connectivity index (χ0) is 11.5. The van der Waals surface area contributed by atoms with Crippen LogP contribution in [0.4, 0.5) is 0 Å². The number of rotatable bonds is 4. The minimum atomic E-state index is -2.80. The number of nitrogens with zero attached hydrogens (tertiary/aromatic N) is 1. The van der Waals surface area contributed by atoms with Crippen molar-refractivity contribution in [1.29, 1.82) is 0 Å². The average molecular weight is 233 g/mol. The molecule has 0 spiro atoms. The Balaban J connectivity index is 2.26. The largest absolute Gasteiger partial charge is 0.302 e. The second kappa shape index (κ2) is 5.30.